The lowest BCUT2D eigenvalue weighted by atomic mass is 9.83. The van der Waals surface area contributed by atoms with E-state index in [0.717, 1.165) is 0 Å². The number of hydrogen-bond acceptors (Lipinski definition) is 2. The Bertz CT molecular complexity index is 392. The molecule has 0 radical (unpaired) electrons. The van der Waals surface area contributed by atoms with Gasteiger partial charge in [0.25, 0.3) is 0 Å². The van der Waals surface area contributed by atoms with E-state index in [0.29, 0.717) is 24.3 Å². The summed E-state index contributed by atoms with van der Waals surface area (Å²) in [6, 6.07) is -0.356. The lowest BCUT2D eigenvalue weighted by Crippen LogP contribution is -2.70. The first kappa shape index (κ1) is 18.0. The first-order valence-corrected chi connectivity index (χ1v) is 8.12. The van der Waals surface area contributed by atoms with Gasteiger partial charge in [0.2, 0.25) is 11.8 Å². The number of nitrogens with zero attached hydrogens (tertiary/aromatic N) is 1. The molecule has 0 saturated carbocycles. The summed E-state index contributed by atoms with van der Waals surface area (Å²) in [4.78, 5) is 27.1. The van der Waals surface area contributed by atoms with E-state index in [1.807, 2.05) is 18.7 Å². The molecule has 0 bridgehead atoms. The van der Waals surface area contributed by atoms with E-state index in [4.69, 9.17) is 0 Å². The van der Waals surface area contributed by atoms with Crippen molar-refractivity contribution >= 4 is 11.8 Å². The van der Waals surface area contributed by atoms with Gasteiger partial charge in [-0.3, -0.25) is 9.59 Å². The number of amides is 2. The second kappa shape index (κ2) is 6.37. The zero-order valence-electron chi connectivity index (χ0n) is 14.9. The van der Waals surface area contributed by atoms with Gasteiger partial charge in [-0.1, -0.05) is 41.5 Å². The summed E-state index contributed by atoms with van der Waals surface area (Å²) in [6.07, 6.45) is 0. The summed E-state index contributed by atoms with van der Waals surface area (Å²) in [5.74, 6) is 1.49. The smallest absolute Gasteiger partial charge is 0.248 e. The van der Waals surface area contributed by atoms with Gasteiger partial charge in [-0.15, -0.1) is 0 Å². The predicted molar refractivity (Wildman–Crippen MR) is 85.7 cm³/mol. The summed E-state index contributed by atoms with van der Waals surface area (Å²) in [6.45, 7) is 17.0. The molecule has 0 aromatic rings. The third kappa shape index (κ3) is 3.78. The molecule has 1 aliphatic heterocycles. The van der Waals surface area contributed by atoms with Gasteiger partial charge >= 0.3 is 0 Å². The maximum Gasteiger partial charge on any atom is 0.248 e. The third-order valence-electron chi connectivity index (χ3n) is 4.59. The van der Waals surface area contributed by atoms with Crippen molar-refractivity contribution in [3.05, 3.63) is 0 Å². The molecule has 0 aromatic heterocycles. The van der Waals surface area contributed by atoms with E-state index in [-0.39, 0.29) is 23.8 Å². The lowest BCUT2D eigenvalue weighted by molar-refractivity contribution is -0.156. The van der Waals surface area contributed by atoms with Gasteiger partial charge < -0.3 is 10.2 Å². The Morgan fingerprint density at radius 2 is 1.52 bits per heavy atom. The highest BCUT2D eigenvalue weighted by molar-refractivity contribution is 5.99. The SMILES string of the molecule is CC(C)C(CN1C(=O)C(C)(C)NC(=O)C1C(C)C)C(C)C. The van der Waals surface area contributed by atoms with Crippen molar-refractivity contribution in [2.45, 2.75) is 67.0 Å². The van der Waals surface area contributed by atoms with Crippen LogP contribution >= 0.6 is 0 Å². The number of carbonyl (C=O) groups is 2. The summed E-state index contributed by atoms with van der Waals surface area (Å²) in [5.41, 5.74) is -0.805. The lowest BCUT2D eigenvalue weighted by Gasteiger charge is -2.46. The van der Waals surface area contributed by atoms with Crippen molar-refractivity contribution in [3.63, 3.8) is 0 Å². The normalized spacial score (nSPS) is 22.7. The van der Waals surface area contributed by atoms with E-state index in [1.54, 1.807) is 13.8 Å². The fourth-order valence-electron chi connectivity index (χ4n) is 3.34. The molecule has 1 aliphatic rings. The van der Waals surface area contributed by atoms with Gasteiger partial charge in [-0.25, -0.2) is 0 Å². The minimum atomic E-state index is -0.805. The van der Waals surface area contributed by atoms with Crippen LogP contribution < -0.4 is 5.32 Å². The predicted octanol–water partition coefficient (Wildman–Crippen LogP) is 2.68. The van der Waals surface area contributed by atoms with Crippen LogP contribution in [0.5, 0.6) is 0 Å². The fraction of sp³-hybridized carbons (Fsp3) is 0.882. The molecular weight excluding hydrogens is 264 g/mol. The molecule has 4 nitrogen and oxygen atoms in total. The first-order valence-electron chi connectivity index (χ1n) is 8.12. The van der Waals surface area contributed by atoms with Crippen molar-refractivity contribution in [1.82, 2.24) is 10.2 Å². The third-order valence-corrected chi connectivity index (χ3v) is 4.59. The molecular formula is C17H32N2O2. The van der Waals surface area contributed by atoms with E-state index in [9.17, 15) is 9.59 Å². The van der Waals surface area contributed by atoms with Crippen molar-refractivity contribution in [2.75, 3.05) is 6.54 Å². The molecule has 0 aliphatic carbocycles. The summed E-state index contributed by atoms with van der Waals surface area (Å²) in [7, 11) is 0. The summed E-state index contributed by atoms with van der Waals surface area (Å²) >= 11 is 0. The zero-order valence-corrected chi connectivity index (χ0v) is 14.9. The number of rotatable bonds is 5. The largest absolute Gasteiger partial charge is 0.340 e. The Kier molecular flexibility index (Phi) is 5.46. The Hall–Kier alpha value is -1.06. The van der Waals surface area contributed by atoms with E-state index in [2.05, 4.69) is 33.0 Å². The molecule has 0 spiro atoms. The van der Waals surface area contributed by atoms with Crippen LogP contribution in [0.3, 0.4) is 0 Å². The van der Waals surface area contributed by atoms with Gasteiger partial charge in [0.05, 0.1) is 0 Å². The van der Waals surface area contributed by atoms with Gasteiger partial charge in [0, 0.05) is 6.54 Å². The minimum absolute atomic E-state index is 0.0270. The number of carbonyl (C=O) groups excluding carboxylic acids is 2. The molecule has 21 heavy (non-hydrogen) atoms. The van der Waals surface area contributed by atoms with E-state index in [1.165, 1.54) is 0 Å². The zero-order chi connectivity index (χ0) is 16.5. The van der Waals surface area contributed by atoms with Gasteiger partial charge in [-0.2, -0.15) is 0 Å². The number of piperazine rings is 1. The Labute approximate surface area is 129 Å². The summed E-state index contributed by atoms with van der Waals surface area (Å²) in [5, 5.41) is 2.87. The topological polar surface area (TPSA) is 49.4 Å². The maximum absolute atomic E-state index is 12.8. The molecule has 0 aromatic carbocycles. The van der Waals surface area contributed by atoms with Crippen LogP contribution in [0, 0.1) is 23.7 Å². The Morgan fingerprint density at radius 3 is 1.90 bits per heavy atom. The number of nitrogens with one attached hydrogen (secondary N) is 1. The highest BCUT2D eigenvalue weighted by Gasteiger charge is 2.47. The van der Waals surface area contributed by atoms with E-state index >= 15 is 0 Å². The highest BCUT2D eigenvalue weighted by atomic mass is 16.2. The van der Waals surface area contributed by atoms with E-state index < -0.39 is 5.54 Å². The average molecular weight is 296 g/mol. The monoisotopic (exact) mass is 296 g/mol. The Morgan fingerprint density at radius 1 is 1.05 bits per heavy atom. The molecule has 1 fully saturated rings. The highest BCUT2D eigenvalue weighted by Crippen LogP contribution is 2.28. The Balaban J connectivity index is 3.11. The van der Waals surface area contributed by atoms with Gasteiger partial charge in [-0.05, 0) is 37.5 Å². The summed E-state index contributed by atoms with van der Waals surface area (Å²) < 4.78 is 0. The van der Waals surface area contributed by atoms with Crippen LogP contribution in [0.25, 0.3) is 0 Å². The number of hydrogen-bond donors (Lipinski definition) is 1. The molecule has 122 valence electrons. The molecule has 1 rings (SSSR count). The van der Waals surface area contributed by atoms with Crippen LogP contribution in [0.1, 0.15) is 55.4 Å². The van der Waals surface area contributed by atoms with Gasteiger partial charge in [0.15, 0.2) is 0 Å². The van der Waals surface area contributed by atoms with Crippen LogP contribution in [0.15, 0.2) is 0 Å². The second-order valence-corrected chi connectivity index (χ2v) is 7.91. The van der Waals surface area contributed by atoms with Crippen LogP contribution in [0.2, 0.25) is 0 Å². The molecule has 1 heterocycles. The van der Waals surface area contributed by atoms with Crippen LogP contribution in [0.4, 0.5) is 0 Å². The van der Waals surface area contributed by atoms with Crippen molar-refractivity contribution < 1.29 is 9.59 Å². The first-order chi connectivity index (χ1) is 9.49. The molecule has 1 unspecified atom stereocenters. The van der Waals surface area contributed by atoms with Crippen molar-refractivity contribution in [1.29, 1.82) is 0 Å². The molecule has 1 atom stereocenters. The van der Waals surface area contributed by atoms with Crippen molar-refractivity contribution in [2.24, 2.45) is 23.7 Å². The molecule has 1 N–H and O–H groups in total. The molecule has 2 amide bonds. The maximum atomic E-state index is 12.8. The van der Waals surface area contributed by atoms with Crippen molar-refractivity contribution in [3.8, 4) is 0 Å². The molecule has 1 saturated heterocycles. The second-order valence-electron chi connectivity index (χ2n) is 7.91. The fourth-order valence-corrected chi connectivity index (χ4v) is 3.34. The van der Waals surface area contributed by atoms with Crippen LogP contribution in [-0.2, 0) is 9.59 Å². The van der Waals surface area contributed by atoms with Crippen LogP contribution in [-0.4, -0.2) is 34.8 Å². The minimum Gasteiger partial charge on any atom is -0.340 e. The quantitative estimate of drug-likeness (QED) is 0.848. The standard InChI is InChI=1S/C17H32N2O2/c1-10(2)13(11(3)4)9-19-14(12(5)6)15(20)18-17(7,8)16(19)21/h10-14H,9H2,1-8H3,(H,18,20). The molecule has 4 heteroatoms. The average Bonchev–Trinajstić information content (AvgIpc) is 2.29. The van der Waals surface area contributed by atoms with Gasteiger partial charge in [0.1, 0.15) is 11.6 Å².